The van der Waals surface area contributed by atoms with Crippen LogP contribution in [0, 0.1) is 0 Å². The van der Waals surface area contributed by atoms with Crippen molar-refractivity contribution in [2.45, 2.75) is 12.6 Å². The van der Waals surface area contributed by atoms with Crippen LogP contribution in [0.2, 0.25) is 0 Å². The number of carbonyl (C=O) groups excluding carboxylic acids is 1. The molecule has 0 heterocycles. The van der Waals surface area contributed by atoms with Crippen LogP contribution in [-0.2, 0) is 16.0 Å². The van der Waals surface area contributed by atoms with Crippen LogP contribution in [0.5, 0.6) is 0 Å². The molecule has 0 spiro atoms. The molecule has 0 aliphatic carbocycles. The molecule has 0 saturated heterocycles. The fourth-order valence-electron chi connectivity index (χ4n) is 1.25. The zero-order valence-electron chi connectivity index (χ0n) is 9.53. The summed E-state index contributed by atoms with van der Waals surface area (Å²) in [7, 11) is 0. The fourth-order valence-corrected chi connectivity index (χ4v) is 1.25. The highest BCUT2D eigenvalue weighted by Gasteiger charge is 2.29. The Hall–Kier alpha value is -2.25. The van der Waals surface area contributed by atoms with Crippen LogP contribution in [0.1, 0.15) is 5.56 Å². The average molecular weight is 277 g/mol. The maximum Gasteiger partial charge on any atom is 0.422 e. The summed E-state index contributed by atoms with van der Waals surface area (Å²) in [6, 6.07) is 5.86. The van der Waals surface area contributed by atoms with E-state index in [0.29, 0.717) is 0 Å². The minimum atomic E-state index is -4.61. The van der Waals surface area contributed by atoms with Crippen LogP contribution < -0.4 is 5.32 Å². The van der Waals surface area contributed by atoms with E-state index in [0.717, 1.165) is 0 Å². The van der Waals surface area contributed by atoms with E-state index in [1.165, 1.54) is 18.2 Å². The Kier molecular flexibility index (Phi) is 4.74. The first kappa shape index (κ1) is 14.8. The highest BCUT2D eigenvalue weighted by molar-refractivity contribution is 5.87. The maximum absolute atomic E-state index is 11.8. The molecule has 0 aromatic heterocycles. The first-order valence-corrected chi connectivity index (χ1v) is 5.08. The number of ether oxygens (including phenoxy) is 1. The van der Waals surface area contributed by atoms with Crippen LogP contribution in [-0.4, -0.2) is 30.0 Å². The Morgan fingerprint density at radius 2 is 1.89 bits per heavy atom. The summed E-state index contributed by atoms with van der Waals surface area (Å²) < 4.78 is 39.4. The third-order valence-corrected chi connectivity index (χ3v) is 1.96. The second kappa shape index (κ2) is 6.07. The molecule has 1 rings (SSSR count). The summed E-state index contributed by atoms with van der Waals surface area (Å²) in [6.45, 7) is -1.71. The number of para-hydroxylation sites is 1. The molecule has 0 saturated carbocycles. The molecule has 2 N–H and O–H groups in total. The molecule has 104 valence electrons. The van der Waals surface area contributed by atoms with Crippen LogP contribution in [0.4, 0.5) is 23.7 Å². The van der Waals surface area contributed by atoms with Crippen molar-refractivity contribution < 1.29 is 32.6 Å². The normalized spacial score (nSPS) is 10.9. The van der Waals surface area contributed by atoms with E-state index in [9.17, 15) is 22.8 Å². The Labute approximate surface area is 106 Å². The van der Waals surface area contributed by atoms with Crippen LogP contribution >= 0.6 is 0 Å². The molecule has 0 atom stereocenters. The first-order valence-electron chi connectivity index (χ1n) is 5.08. The Balaban J connectivity index is 2.66. The number of nitrogens with one attached hydrogen (secondary N) is 1. The van der Waals surface area contributed by atoms with E-state index in [-0.39, 0.29) is 17.7 Å². The molecule has 1 aromatic carbocycles. The highest BCUT2D eigenvalue weighted by atomic mass is 19.4. The molecule has 19 heavy (non-hydrogen) atoms. The maximum atomic E-state index is 11.8. The lowest BCUT2D eigenvalue weighted by atomic mass is 10.1. The van der Waals surface area contributed by atoms with Crippen molar-refractivity contribution in [1.29, 1.82) is 0 Å². The largest absolute Gasteiger partial charge is 0.481 e. The van der Waals surface area contributed by atoms with Crippen molar-refractivity contribution in [2.24, 2.45) is 0 Å². The van der Waals surface area contributed by atoms with Gasteiger partial charge in [-0.05, 0) is 11.6 Å². The van der Waals surface area contributed by atoms with E-state index in [4.69, 9.17) is 5.11 Å². The summed E-state index contributed by atoms with van der Waals surface area (Å²) in [5.74, 6) is -1.13. The van der Waals surface area contributed by atoms with E-state index >= 15 is 0 Å². The van der Waals surface area contributed by atoms with Crippen molar-refractivity contribution in [3.05, 3.63) is 29.8 Å². The molecule has 1 aromatic rings. The number of anilines is 1. The topological polar surface area (TPSA) is 75.6 Å². The molecule has 0 aliphatic heterocycles. The number of carboxylic acid groups (broad SMARTS) is 1. The van der Waals surface area contributed by atoms with Gasteiger partial charge in [0, 0.05) is 5.69 Å². The lowest BCUT2D eigenvalue weighted by Crippen LogP contribution is -2.23. The highest BCUT2D eigenvalue weighted by Crippen LogP contribution is 2.18. The lowest BCUT2D eigenvalue weighted by molar-refractivity contribution is -0.159. The van der Waals surface area contributed by atoms with Crippen molar-refractivity contribution in [3.63, 3.8) is 0 Å². The Morgan fingerprint density at radius 1 is 1.26 bits per heavy atom. The van der Waals surface area contributed by atoms with Gasteiger partial charge in [0.05, 0.1) is 6.42 Å². The van der Waals surface area contributed by atoms with Gasteiger partial charge in [-0.2, -0.15) is 13.2 Å². The van der Waals surface area contributed by atoms with Gasteiger partial charge in [0.2, 0.25) is 0 Å². The molecule has 0 unspecified atom stereocenters. The van der Waals surface area contributed by atoms with Gasteiger partial charge in [-0.25, -0.2) is 4.79 Å². The van der Waals surface area contributed by atoms with Gasteiger partial charge in [0.1, 0.15) is 0 Å². The molecule has 0 aliphatic rings. The van der Waals surface area contributed by atoms with E-state index in [1.54, 1.807) is 6.07 Å². The smallest absolute Gasteiger partial charge is 0.422 e. The van der Waals surface area contributed by atoms with E-state index in [2.05, 4.69) is 10.1 Å². The minimum Gasteiger partial charge on any atom is -0.481 e. The zero-order valence-corrected chi connectivity index (χ0v) is 9.53. The monoisotopic (exact) mass is 277 g/mol. The van der Waals surface area contributed by atoms with Gasteiger partial charge >= 0.3 is 18.2 Å². The van der Waals surface area contributed by atoms with Crippen molar-refractivity contribution in [3.8, 4) is 0 Å². The zero-order chi connectivity index (χ0) is 14.5. The molecule has 0 radical (unpaired) electrons. The van der Waals surface area contributed by atoms with Gasteiger partial charge < -0.3 is 9.84 Å². The number of alkyl halides is 3. The molecule has 1 amide bonds. The average Bonchev–Trinajstić information content (AvgIpc) is 2.27. The summed E-state index contributed by atoms with van der Waals surface area (Å²) in [5, 5.41) is 10.7. The Morgan fingerprint density at radius 3 is 2.47 bits per heavy atom. The Bertz CT molecular complexity index is 473. The molecule has 8 heteroatoms. The van der Waals surface area contributed by atoms with Crippen LogP contribution in [0.25, 0.3) is 0 Å². The lowest BCUT2D eigenvalue weighted by Gasteiger charge is -2.11. The first-order chi connectivity index (χ1) is 8.78. The quantitative estimate of drug-likeness (QED) is 0.886. The predicted octanol–water partition coefficient (Wildman–Crippen LogP) is 2.42. The standard InChI is InChI=1S/C11H10F3NO4/c12-11(13,14)6-19-10(18)15-8-4-2-1-3-7(8)5-9(16)17/h1-4H,5-6H2,(H,15,18)(H,16,17). The molecule has 0 fully saturated rings. The number of benzene rings is 1. The second-order valence-corrected chi connectivity index (χ2v) is 3.54. The summed E-state index contributed by atoms with van der Waals surface area (Å²) >= 11 is 0. The molecule has 5 nitrogen and oxygen atoms in total. The third-order valence-electron chi connectivity index (χ3n) is 1.96. The fraction of sp³-hybridized carbons (Fsp3) is 0.273. The number of carboxylic acids is 1. The predicted molar refractivity (Wildman–Crippen MR) is 58.8 cm³/mol. The number of amides is 1. The van der Waals surface area contributed by atoms with Gasteiger partial charge in [-0.1, -0.05) is 18.2 Å². The number of aliphatic carboxylic acids is 1. The van der Waals surface area contributed by atoms with Crippen molar-refractivity contribution >= 4 is 17.7 Å². The van der Waals surface area contributed by atoms with Crippen molar-refractivity contribution in [2.75, 3.05) is 11.9 Å². The van der Waals surface area contributed by atoms with Crippen LogP contribution in [0.15, 0.2) is 24.3 Å². The SMILES string of the molecule is O=C(O)Cc1ccccc1NC(=O)OCC(F)(F)F. The number of rotatable bonds is 4. The second-order valence-electron chi connectivity index (χ2n) is 3.54. The van der Waals surface area contributed by atoms with Crippen molar-refractivity contribution in [1.82, 2.24) is 0 Å². The minimum absolute atomic E-state index is 0.0945. The van der Waals surface area contributed by atoms with Gasteiger partial charge in [-0.15, -0.1) is 0 Å². The number of hydrogen-bond donors (Lipinski definition) is 2. The summed E-state index contributed by atoms with van der Waals surface area (Å²) in [6.07, 6.45) is -6.27. The third kappa shape index (κ3) is 5.75. The van der Waals surface area contributed by atoms with Gasteiger partial charge in [0.25, 0.3) is 0 Å². The molecular weight excluding hydrogens is 267 g/mol. The molecule has 0 bridgehead atoms. The number of carbonyl (C=O) groups is 2. The van der Waals surface area contributed by atoms with Crippen LogP contribution in [0.3, 0.4) is 0 Å². The van der Waals surface area contributed by atoms with E-state index in [1.807, 2.05) is 0 Å². The molecular formula is C11H10F3NO4. The summed E-state index contributed by atoms with van der Waals surface area (Å²) in [4.78, 5) is 21.7. The van der Waals surface area contributed by atoms with Gasteiger partial charge in [0.15, 0.2) is 6.61 Å². The van der Waals surface area contributed by atoms with Gasteiger partial charge in [-0.3, -0.25) is 10.1 Å². The number of halogens is 3. The number of hydrogen-bond acceptors (Lipinski definition) is 3. The van der Waals surface area contributed by atoms with E-state index < -0.39 is 24.8 Å². The summed E-state index contributed by atoms with van der Waals surface area (Å²) in [5.41, 5.74) is 0.357.